The van der Waals surface area contributed by atoms with Gasteiger partial charge in [0.25, 0.3) is 11.6 Å². The highest BCUT2D eigenvalue weighted by atomic mass is 16.6. The predicted octanol–water partition coefficient (Wildman–Crippen LogP) is 2.78. The van der Waals surface area contributed by atoms with Gasteiger partial charge in [-0.2, -0.15) is 5.10 Å². The van der Waals surface area contributed by atoms with E-state index in [1.54, 1.807) is 24.9 Å². The first-order chi connectivity index (χ1) is 17.4. The number of nitrogens with one attached hydrogen (secondary N) is 1. The maximum Gasteiger partial charge on any atom is 0.262 e. The molecule has 0 bridgehead atoms. The Hall–Kier alpha value is -4.93. The summed E-state index contributed by atoms with van der Waals surface area (Å²) in [7, 11) is 3.13. The molecule has 1 amide bonds. The minimum Gasteiger partial charge on any atom is -0.867 e. The molecule has 4 aromatic rings. The molecule has 0 radical (unpaired) electrons. The highest BCUT2D eigenvalue weighted by Crippen LogP contribution is 2.29. The quantitative estimate of drug-likeness (QED) is 0.217. The molecule has 4 rings (SSSR count). The zero-order valence-corrected chi connectivity index (χ0v) is 19.5. The molecule has 36 heavy (non-hydrogen) atoms. The van der Waals surface area contributed by atoms with Crippen LogP contribution in [0.5, 0.6) is 17.2 Å². The number of imidazole rings is 1. The van der Waals surface area contributed by atoms with Gasteiger partial charge in [0.15, 0.2) is 11.5 Å². The van der Waals surface area contributed by atoms with E-state index in [0.29, 0.717) is 23.7 Å². The fraction of sp³-hybridized carbons (Fsp3) is 0.160. The molecule has 0 spiro atoms. The molecule has 0 atom stereocenters. The number of hydrogen-bond donors (Lipinski definition) is 1. The van der Waals surface area contributed by atoms with Crippen LogP contribution in [0, 0.1) is 10.1 Å². The van der Waals surface area contributed by atoms with Crippen LogP contribution in [0.4, 0.5) is 5.69 Å². The van der Waals surface area contributed by atoms with Gasteiger partial charge in [-0.3, -0.25) is 14.9 Å². The number of ether oxygens (including phenoxy) is 2. The largest absolute Gasteiger partial charge is 0.867 e. The zero-order chi connectivity index (χ0) is 25.7. The number of carbonyl (C=O) groups is 1. The van der Waals surface area contributed by atoms with Crippen molar-refractivity contribution in [2.24, 2.45) is 5.10 Å². The van der Waals surface area contributed by atoms with Crippen LogP contribution in [0.3, 0.4) is 0 Å². The number of methoxy groups -OCH3 is 2. The number of rotatable bonds is 9. The Kier molecular flexibility index (Phi) is 7.10. The molecule has 0 saturated heterocycles. The van der Waals surface area contributed by atoms with Crippen molar-refractivity contribution in [2.75, 3.05) is 14.2 Å². The third kappa shape index (κ3) is 5.09. The molecule has 0 aliphatic carbocycles. The van der Waals surface area contributed by atoms with Gasteiger partial charge >= 0.3 is 0 Å². The summed E-state index contributed by atoms with van der Waals surface area (Å²) in [6.07, 6.45) is 1.52. The molecular weight excluding hydrogens is 466 g/mol. The summed E-state index contributed by atoms with van der Waals surface area (Å²) in [5.74, 6) is 0.614. The Bertz CT molecular complexity index is 1460. The van der Waals surface area contributed by atoms with E-state index < -0.39 is 22.3 Å². The van der Waals surface area contributed by atoms with Gasteiger partial charge in [0, 0.05) is 12.5 Å². The standard InChI is InChI=1S/C25H23N5O6/c1-35-21-11-10-16(12-22(21)36-2)13-23-27-18-7-3-4-8-19(18)29(23)15-24(31)28-26-14-17-6-5-9-20(25(17)32)30(33)34/h3-12,14,32H,13,15H2,1-2H3,(H,28,31)/p-1/b26-14-. The van der Waals surface area contributed by atoms with Crippen LogP contribution in [0.2, 0.25) is 0 Å². The van der Waals surface area contributed by atoms with Gasteiger partial charge in [-0.25, -0.2) is 10.4 Å². The summed E-state index contributed by atoms with van der Waals surface area (Å²) in [6, 6.07) is 16.9. The minimum atomic E-state index is -0.779. The lowest BCUT2D eigenvalue weighted by atomic mass is 10.1. The average Bonchev–Trinajstić information content (AvgIpc) is 3.21. The Morgan fingerprint density at radius 1 is 1.11 bits per heavy atom. The summed E-state index contributed by atoms with van der Waals surface area (Å²) in [5, 5.41) is 26.9. The number of hydrogen-bond acceptors (Lipinski definition) is 8. The van der Waals surface area contributed by atoms with E-state index >= 15 is 0 Å². The molecule has 0 unspecified atom stereocenters. The number of fused-ring (bicyclic) bond motifs is 1. The predicted molar refractivity (Wildman–Crippen MR) is 130 cm³/mol. The maximum atomic E-state index is 12.7. The van der Waals surface area contributed by atoms with Gasteiger partial charge in [-0.15, -0.1) is 0 Å². The molecule has 0 aliphatic heterocycles. The molecule has 11 nitrogen and oxygen atoms in total. The Morgan fingerprint density at radius 2 is 1.89 bits per heavy atom. The number of para-hydroxylation sites is 3. The second-order valence-corrected chi connectivity index (χ2v) is 7.71. The molecule has 184 valence electrons. The number of benzene rings is 3. The number of aromatic nitrogens is 2. The smallest absolute Gasteiger partial charge is 0.262 e. The van der Waals surface area contributed by atoms with Crippen LogP contribution in [0.15, 0.2) is 65.8 Å². The lowest BCUT2D eigenvalue weighted by Gasteiger charge is -2.11. The summed E-state index contributed by atoms with van der Waals surface area (Å²) in [5.41, 5.74) is 4.22. The van der Waals surface area contributed by atoms with Crippen LogP contribution >= 0.6 is 0 Å². The van der Waals surface area contributed by atoms with Crippen LogP contribution < -0.4 is 20.0 Å². The first-order valence-electron chi connectivity index (χ1n) is 10.8. The van der Waals surface area contributed by atoms with Crippen molar-refractivity contribution in [3.63, 3.8) is 0 Å². The van der Waals surface area contributed by atoms with E-state index in [9.17, 15) is 20.0 Å². The lowest BCUT2D eigenvalue weighted by Crippen LogP contribution is -2.24. The summed E-state index contributed by atoms with van der Waals surface area (Å²) in [4.78, 5) is 27.6. The highest BCUT2D eigenvalue weighted by molar-refractivity contribution is 5.87. The van der Waals surface area contributed by atoms with Crippen molar-refractivity contribution in [3.05, 3.63) is 87.7 Å². The maximum absolute atomic E-state index is 12.7. The molecule has 0 fully saturated rings. The van der Waals surface area contributed by atoms with E-state index in [4.69, 9.17) is 14.5 Å². The van der Waals surface area contributed by atoms with Gasteiger partial charge in [-0.1, -0.05) is 30.3 Å². The van der Waals surface area contributed by atoms with Gasteiger partial charge in [0.2, 0.25) is 0 Å². The summed E-state index contributed by atoms with van der Waals surface area (Å²) < 4.78 is 12.5. The fourth-order valence-corrected chi connectivity index (χ4v) is 3.75. The van der Waals surface area contributed by atoms with Crippen molar-refractivity contribution >= 4 is 28.8 Å². The van der Waals surface area contributed by atoms with Crippen LogP contribution in [-0.2, 0) is 17.8 Å². The van der Waals surface area contributed by atoms with Crippen LogP contribution in [0.25, 0.3) is 11.0 Å². The second-order valence-electron chi connectivity index (χ2n) is 7.71. The fourth-order valence-electron chi connectivity index (χ4n) is 3.75. The minimum absolute atomic E-state index is 0.00766. The molecular formula is C25H22N5O6-. The first-order valence-corrected chi connectivity index (χ1v) is 10.8. The Labute approximate surface area is 205 Å². The molecule has 3 aromatic carbocycles. The van der Waals surface area contributed by atoms with Crippen molar-refractivity contribution < 1.29 is 24.3 Å². The Balaban J connectivity index is 1.55. The lowest BCUT2D eigenvalue weighted by molar-refractivity contribution is -0.398. The van der Waals surface area contributed by atoms with Gasteiger partial charge in [0.05, 0.1) is 36.4 Å². The Morgan fingerprint density at radius 3 is 2.64 bits per heavy atom. The van der Waals surface area contributed by atoms with Crippen LogP contribution in [0.1, 0.15) is 17.0 Å². The molecule has 1 heterocycles. The SMILES string of the molecule is COc1ccc(Cc2nc3ccccc3n2CC(=O)N/N=C\c2cccc([N+](=O)[O-])c2[O-])cc1OC. The zero-order valence-electron chi connectivity index (χ0n) is 19.5. The van der Waals surface area contributed by atoms with Gasteiger partial charge < -0.3 is 19.1 Å². The van der Waals surface area contributed by atoms with Crippen molar-refractivity contribution in [3.8, 4) is 17.2 Å². The van der Waals surface area contributed by atoms with E-state index in [1.807, 2.05) is 36.4 Å². The molecule has 1 N–H and O–H groups in total. The molecule has 1 aromatic heterocycles. The number of amides is 1. The van der Waals surface area contributed by atoms with Crippen molar-refractivity contribution in [1.29, 1.82) is 0 Å². The monoisotopic (exact) mass is 488 g/mol. The third-order valence-electron chi connectivity index (χ3n) is 5.46. The van der Waals surface area contributed by atoms with E-state index in [0.717, 1.165) is 28.9 Å². The average molecular weight is 488 g/mol. The van der Waals surface area contributed by atoms with E-state index in [1.165, 1.54) is 12.1 Å². The molecule has 0 saturated carbocycles. The number of nitro benzene ring substituents is 1. The molecule has 0 aliphatic rings. The summed E-state index contributed by atoms with van der Waals surface area (Å²) >= 11 is 0. The first kappa shape index (κ1) is 24.2. The normalized spacial score (nSPS) is 11.1. The van der Waals surface area contributed by atoms with Crippen molar-refractivity contribution in [2.45, 2.75) is 13.0 Å². The number of hydrazone groups is 1. The van der Waals surface area contributed by atoms with Gasteiger partial charge in [0.1, 0.15) is 12.4 Å². The topological polar surface area (TPSA) is 144 Å². The summed E-state index contributed by atoms with van der Waals surface area (Å²) in [6.45, 7) is -0.0837. The van der Waals surface area contributed by atoms with E-state index in [-0.39, 0.29) is 12.1 Å². The number of nitrogens with zero attached hydrogens (tertiary/aromatic N) is 4. The van der Waals surface area contributed by atoms with E-state index in [2.05, 4.69) is 10.5 Å². The highest BCUT2D eigenvalue weighted by Gasteiger charge is 2.15. The molecule has 11 heteroatoms. The number of carbonyl (C=O) groups excluding carboxylic acids is 1. The third-order valence-corrected chi connectivity index (χ3v) is 5.46. The van der Waals surface area contributed by atoms with Crippen molar-refractivity contribution in [1.82, 2.24) is 15.0 Å². The van der Waals surface area contributed by atoms with Crippen LogP contribution in [-0.4, -0.2) is 40.8 Å². The second kappa shape index (κ2) is 10.6. The van der Waals surface area contributed by atoms with Gasteiger partial charge in [-0.05, 0) is 41.1 Å². The number of nitro groups is 1.